The summed E-state index contributed by atoms with van der Waals surface area (Å²) in [5.74, 6) is -0.869. The van der Waals surface area contributed by atoms with Gasteiger partial charge in [0.25, 0.3) is 0 Å². The van der Waals surface area contributed by atoms with Gasteiger partial charge in [0.15, 0.2) is 6.10 Å². The summed E-state index contributed by atoms with van der Waals surface area (Å²) in [6.07, 6.45) is 77.6. The smallest absolute Gasteiger partial charge is 0.306 e. The van der Waals surface area contributed by atoms with E-state index in [9.17, 15) is 14.4 Å². The monoisotopic (exact) mass is 1040 g/mol. The normalized spacial score (nSPS) is 12.2. The number of hydrogen-bond acceptors (Lipinski definition) is 6. The van der Waals surface area contributed by atoms with Crippen molar-refractivity contribution < 1.29 is 28.6 Å². The molecule has 6 heteroatoms. The summed E-state index contributed by atoms with van der Waals surface area (Å²) < 4.78 is 16.9. The lowest BCUT2D eigenvalue weighted by atomic mass is 10.0. The standard InChI is InChI=1S/C68H126O6/c1-4-7-10-13-16-19-22-24-25-26-27-28-29-30-31-32-33-34-35-36-37-38-39-40-41-42-43-45-46-49-52-55-58-61-67(70)73-64-65(63-72-66(69)60-57-54-51-48-21-18-15-12-9-6-3)74-68(71)62-59-56-53-50-47-44-23-20-17-14-11-8-5-2/h11,14,20,23,26-27,65H,4-10,12-13,15-19,21-22,24-25,28-64H2,1-3H3/b14-11-,23-20-,27-26-. The summed E-state index contributed by atoms with van der Waals surface area (Å²) in [5.41, 5.74) is 0. The van der Waals surface area contributed by atoms with Crippen molar-refractivity contribution >= 4 is 17.9 Å². The second kappa shape index (κ2) is 63.2. The Labute approximate surface area is 461 Å². The zero-order valence-electron chi connectivity index (χ0n) is 49.9. The minimum atomic E-state index is -0.775. The van der Waals surface area contributed by atoms with Crippen LogP contribution in [0.2, 0.25) is 0 Å². The number of carbonyl (C=O) groups excluding carboxylic acids is 3. The summed E-state index contributed by atoms with van der Waals surface area (Å²) in [4.78, 5) is 38.1. The summed E-state index contributed by atoms with van der Waals surface area (Å²) in [6, 6.07) is 0. The van der Waals surface area contributed by atoms with Crippen LogP contribution in [0.15, 0.2) is 36.5 Å². The Kier molecular flexibility index (Phi) is 61.1. The molecule has 434 valence electrons. The van der Waals surface area contributed by atoms with Crippen LogP contribution in [-0.4, -0.2) is 37.2 Å². The van der Waals surface area contributed by atoms with Gasteiger partial charge < -0.3 is 14.2 Å². The van der Waals surface area contributed by atoms with Gasteiger partial charge in [-0.1, -0.05) is 308 Å². The van der Waals surface area contributed by atoms with E-state index in [0.717, 1.165) is 89.9 Å². The van der Waals surface area contributed by atoms with Gasteiger partial charge in [-0.25, -0.2) is 0 Å². The van der Waals surface area contributed by atoms with Crippen molar-refractivity contribution in [1.29, 1.82) is 0 Å². The van der Waals surface area contributed by atoms with Crippen LogP contribution in [0.5, 0.6) is 0 Å². The van der Waals surface area contributed by atoms with E-state index in [1.165, 1.54) is 231 Å². The van der Waals surface area contributed by atoms with Gasteiger partial charge >= 0.3 is 17.9 Å². The first kappa shape index (κ1) is 71.6. The van der Waals surface area contributed by atoms with Crippen LogP contribution >= 0.6 is 0 Å². The van der Waals surface area contributed by atoms with E-state index >= 15 is 0 Å². The molecule has 1 unspecified atom stereocenters. The SMILES string of the molecule is CCC/C=C\C/C=C\CCCCCCCC(=O)OC(COC(=O)CCCCCCCCCCCC)COC(=O)CCCCCCCCCCCCCCCCCCCCCCC/C=C\CCCCCCCCCC. The largest absolute Gasteiger partial charge is 0.462 e. The first-order chi connectivity index (χ1) is 36.5. The Morgan fingerprint density at radius 1 is 0.270 bits per heavy atom. The lowest BCUT2D eigenvalue weighted by molar-refractivity contribution is -0.167. The minimum absolute atomic E-state index is 0.0731. The van der Waals surface area contributed by atoms with Crippen molar-refractivity contribution in [3.05, 3.63) is 36.5 Å². The van der Waals surface area contributed by atoms with E-state index in [0.29, 0.717) is 19.3 Å². The van der Waals surface area contributed by atoms with Crippen LogP contribution < -0.4 is 0 Å². The number of allylic oxidation sites excluding steroid dienone is 6. The number of unbranched alkanes of at least 4 members (excludes halogenated alkanes) is 44. The number of rotatable bonds is 61. The van der Waals surface area contributed by atoms with Crippen molar-refractivity contribution in [2.75, 3.05) is 13.2 Å². The van der Waals surface area contributed by atoms with E-state index in [2.05, 4.69) is 57.2 Å². The van der Waals surface area contributed by atoms with Crippen molar-refractivity contribution in [3.63, 3.8) is 0 Å². The summed E-state index contributed by atoms with van der Waals surface area (Å²) in [6.45, 7) is 6.60. The first-order valence-corrected chi connectivity index (χ1v) is 33.0. The maximum Gasteiger partial charge on any atom is 0.306 e. The van der Waals surface area contributed by atoms with Crippen LogP contribution in [-0.2, 0) is 28.6 Å². The molecule has 0 bridgehead atoms. The summed E-state index contributed by atoms with van der Waals surface area (Å²) >= 11 is 0. The van der Waals surface area contributed by atoms with E-state index in [-0.39, 0.29) is 31.1 Å². The minimum Gasteiger partial charge on any atom is -0.462 e. The molecule has 0 saturated carbocycles. The Morgan fingerprint density at radius 2 is 0.514 bits per heavy atom. The van der Waals surface area contributed by atoms with Gasteiger partial charge in [-0.15, -0.1) is 0 Å². The Bertz CT molecular complexity index is 1240. The third kappa shape index (κ3) is 60.5. The molecule has 0 rings (SSSR count). The molecule has 74 heavy (non-hydrogen) atoms. The lowest BCUT2D eigenvalue weighted by Crippen LogP contribution is -2.30. The molecular weight excluding hydrogens is 913 g/mol. The van der Waals surface area contributed by atoms with Crippen LogP contribution in [0.3, 0.4) is 0 Å². The van der Waals surface area contributed by atoms with E-state index < -0.39 is 6.10 Å². The van der Waals surface area contributed by atoms with E-state index in [1.54, 1.807) is 0 Å². The van der Waals surface area contributed by atoms with Crippen LogP contribution in [0.1, 0.15) is 361 Å². The first-order valence-electron chi connectivity index (χ1n) is 33.0. The van der Waals surface area contributed by atoms with Gasteiger partial charge in [-0.05, 0) is 70.6 Å². The topological polar surface area (TPSA) is 78.9 Å². The second-order valence-corrected chi connectivity index (χ2v) is 22.4. The Balaban J connectivity index is 3.99. The fraction of sp³-hybridized carbons (Fsp3) is 0.868. The van der Waals surface area contributed by atoms with Crippen molar-refractivity contribution in [1.82, 2.24) is 0 Å². The highest BCUT2D eigenvalue weighted by molar-refractivity contribution is 5.71. The molecule has 0 aliphatic rings. The molecule has 0 aromatic rings. The van der Waals surface area contributed by atoms with Crippen LogP contribution in [0.25, 0.3) is 0 Å². The highest BCUT2D eigenvalue weighted by Crippen LogP contribution is 2.18. The van der Waals surface area contributed by atoms with Gasteiger partial charge in [0, 0.05) is 19.3 Å². The molecule has 0 radical (unpaired) electrons. The summed E-state index contributed by atoms with van der Waals surface area (Å²) in [7, 11) is 0. The molecule has 0 spiro atoms. The molecule has 0 aliphatic heterocycles. The maximum absolute atomic E-state index is 12.8. The molecule has 6 nitrogen and oxygen atoms in total. The molecule has 0 N–H and O–H groups in total. The zero-order chi connectivity index (χ0) is 53.6. The number of ether oxygens (including phenoxy) is 3. The maximum atomic E-state index is 12.8. The molecule has 1 atom stereocenters. The van der Waals surface area contributed by atoms with Gasteiger partial charge in [0.2, 0.25) is 0 Å². The van der Waals surface area contributed by atoms with Gasteiger partial charge in [0.05, 0.1) is 0 Å². The molecule has 0 aliphatic carbocycles. The van der Waals surface area contributed by atoms with Crippen molar-refractivity contribution in [2.45, 2.75) is 367 Å². The fourth-order valence-corrected chi connectivity index (χ4v) is 9.89. The van der Waals surface area contributed by atoms with Crippen LogP contribution in [0, 0.1) is 0 Å². The summed E-state index contributed by atoms with van der Waals surface area (Å²) in [5, 5.41) is 0. The average Bonchev–Trinajstić information content (AvgIpc) is 3.40. The second-order valence-electron chi connectivity index (χ2n) is 22.4. The van der Waals surface area contributed by atoms with Gasteiger partial charge in [0.1, 0.15) is 13.2 Å². The Morgan fingerprint density at radius 3 is 0.811 bits per heavy atom. The predicted octanol–water partition coefficient (Wildman–Crippen LogP) is 22.4. The lowest BCUT2D eigenvalue weighted by Gasteiger charge is -2.18. The van der Waals surface area contributed by atoms with Crippen molar-refractivity contribution in [2.24, 2.45) is 0 Å². The van der Waals surface area contributed by atoms with Crippen LogP contribution in [0.4, 0.5) is 0 Å². The molecule has 0 aromatic carbocycles. The molecule has 0 heterocycles. The van der Waals surface area contributed by atoms with Crippen molar-refractivity contribution in [3.8, 4) is 0 Å². The Hall–Kier alpha value is -2.37. The molecule has 0 amide bonds. The number of carbonyl (C=O) groups is 3. The number of esters is 3. The van der Waals surface area contributed by atoms with E-state index in [4.69, 9.17) is 14.2 Å². The zero-order valence-corrected chi connectivity index (χ0v) is 49.9. The third-order valence-electron chi connectivity index (χ3n) is 14.8. The average molecular weight is 1040 g/mol. The fourth-order valence-electron chi connectivity index (χ4n) is 9.89. The highest BCUT2D eigenvalue weighted by Gasteiger charge is 2.19. The molecule has 0 fully saturated rings. The number of hydrogen-bond donors (Lipinski definition) is 0. The quantitative estimate of drug-likeness (QED) is 0.0261. The highest BCUT2D eigenvalue weighted by atomic mass is 16.6. The van der Waals surface area contributed by atoms with E-state index in [1.807, 2.05) is 0 Å². The van der Waals surface area contributed by atoms with Gasteiger partial charge in [-0.3, -0.25) is 14.4 Å². The van der Waals surface area contributed by atoms with Gasteiger partial charge in [-0.2, -0.15) is 0 Å². The predicted molar refractivity (Wildman–Crippen MR) is 321 cm³/mol. The molecule has 0 aromatic heterocycles. The third-order valence-corrected chi connectivity index (χ3v) is 14.8. The molecular formula is C68H126O6. The molecule has 0 saturated heterocycles.